The third-order valence-electron chi connectivity index (χ3n) is 2.63. The fourth-order valence-corrected chi connectivity index (χ4v) is 2.40. The van der Waals surface area contributed by atoms with Crippen molar-refractivity contribution < 1.29 is 14.6 Å². The van der Waals surface area contributed by atoms with Gasteiger partial charge in [-0.05, 0) is 12.1 Å². The molecule has 6 nitrogen and oxygen atoms in total. The molecule has 0 aliphatic rings. The Balaban J connectivity index is 1.89. The average Bonchev–Trinajstić information content (AvgIpc) is 2.91. The third-order valence-corrected chi connectivity index (χ3v) is 3.49. The Hall–Kier alpha value is -0.990. The lowest BCUT2D eigenvalue weighted by Crippen LogP contribution is -2.25. The summed E-state index contributed by atoms with van der Waals surface area (Å²) < 4.78 is 18.5. The van der Waals surface area contributed by atoms with E-state index in [0.29, 0.717) is 30.5 Å². The minimum atomic E-state index is -0.634. The van der Waals surface area contributed by atoms with E-state index in [1.807, 2.05) is 6.07 Å². The van der Waals surface area contributed by atoms with Crippen LogP contribution in [0.2, 0.25) is 5.02 Å². The first-order valence-corrected chi connectivity index (χ1v) is 7.22. The first-order valence-electron chi connectivity index (χ1n) is 6.11. The van der Waals surface area contributed by atoms with Crippen molar-refractivity contribution >= 4 is 40.0 Å². The Morgan fingerprint density at radius 1 is 1.40 bits per heavy atom. The molecule has 0 bridgehead atoms. The predicted octanol–water partition coefficient (Wildman–Crippen LogP) is 1.78. The Morgan fingerprint density at radius 2 is 2.25 bits per heavy atom. The van der Waals surface area contributed by atoms with Gasteiger partial charge in [-0.15, -0.1) is 0 Å². The van der Waals surface area contributed by atoms with Crippen LogP contribution >= 0.6 is 23.3 Å². The van der Waals surface area contributed by atoms with Crippen molar-refractivity contribution in [3.8, 4) is 0 Å². The molecule has 0 fully saturated rings. The number of aliphatic hydroxyl groups excluding tert-OH is 1. The van der Waals surface area contributed by atoms with Gasteiger partial charge in [-0.25, -0.2) is 0 Å². The summed E-state index contributed by atoms with van der Waals surface area (Å²) in [4.78, 5) is 0. The smallest absolute Gasteiger partial charge is 0.129 e. The molecule has 0 radical (unpaired) electrons. The lowest BCUT2D eigenvalue weighted by molar-refractivity contribution is 0.0182. The van der Waals surface area contributed by atoms with Crippen molar-refractivity contribution in [1.82, 2.24) is 8.75 Å². The van der Waals surface area contributed by atoms with Crippen LogP contribution in [0.15, 0.2) is 12.1 Å². The zero-order valence-corrected chi connectivity index (χ0v) is 12.6. The van der Waals surface area contributed by atoms with E-state index in [9.17, 15) is 5.11 Å². The molecule has 0 spiro atoms. The molecular weight excluding hydrogens is 302 g/mol. The zero-order chi connectivity index (χ0) is 14.4. The molecular formula is C12H16ClN3O3S. The highest BCUT2D eigenvalue weighted by Gasteiger charge is 2.11. The number of rotatable bonds is 8. The van der Waals surface area contributed by atoms with E-state index in [-0.39, 0.29) is 6.61 Å². The van der Waals surface area contributed by atoms with Crippen LogP contribution in [-0.2, 0) is 9.47 Å². The topological polar surface area (TPSA) is 76.5 Å². The van der Waals surface area contributed by atoms with Gasteiger partial charge in [-0.1, -0.05) is 11.6 Å². The van der Waals surface area contributed by atoms with Crippen LogP contribution in [0.1, 0.15) is 0 Å². The van der Waals surface area contributed by atoms with E-state index in [1.165, 1.54) is 0 Å². The molecule has 1 unspecified atom stereocenters. The Morgan fingerprint density at radius 3 is 3.05 bits per heavy atom. The first kappa shape index (κ1) is 15.4. The van der Waals surface area contributed by atoms with Gasteiger partial charge in [0.25, 0.3) is 0 Å². The normalized spacial score (nSPS) is 12.8. The lowest BCUT2D eigenvalue weighted by atomic mass is 10.2. The van der Waals surface area contributed by atoms with E-state index in [0.717, 1.165) is 22.8 Å². The molecule has 2 aromatic rings. The van der Waals surface area contributed by atoms with Gasteiger partial charge in [0, 0.05) is 13.7 Å². The van der Waals surface area contributed by atoms with Crippen molar-refractivity contribution in [3.63, 3.8) is 0 Å². The zero-order valence-electron chi connectivity index (χ0n) is 11.0. The standard InChI is InChI=1S/C12H16ClN3O3S/c1-18-4-5-19-7-8(17)6-14-11-9(13)2-3-10-12(11)16-20-15-10/h2-3,8,14,17H,4-7H2,1H3. The molecule has 2 rings (SSSR count). The van der Waals surface area contributed by atoms with Gasteiger partial charge in [0.2, 0.25) is 0 Å². The summed E-state index contributed by atoms with van der Waals surface area (Å²) in [6.07, 6.45) is -0.634. The van der Waals surface area contributed by atoms with Crippen molar-refractivity contribution in [2.24, 2.45) is 0 Å². The number of methoxy groups -OCH3 is 1. The Labute approximate surface area is 126 Å². The van der Waals surface area contributed by atoms with Gasteiger partial charge in [-0.2, -0.15) is 8.75 Å². The molecule has 0 amide bonds. The van der Waals surface area contributed by atoms with Gasteiger partial charge in [0.15, 0.2) is 0 Å². The van der Waals surface area contributed by atoms with Crippen LogP contribution in [0.4, 0.5) is 5.69 Å². The molecule has 0 saturated carbocycles. The van der Waals surface area contributed by atoms with E-state index >= 15 is 0 Å². The molecule has 1 aromatic heterocycles. The fraction of sp³-hybridized carbons (Fsp3) is 0.500. The van der Waals surface area contributed by atoms with Crippen LogP contribution < -0.4 is 5.32 Å². The summed E-state index contributed by atoms with van der Waals surface area (Å²) in [5.74, 6) is 0. The number of hydrogen-bond acceptors (Lipinski definition) is 7. The SMILES string of the molecule is COCCOCC(O)CNc1c(Cl)ccc2nsnc12. The minimum Gasteiger partial charge on any atom is -0.389 e. The van der Waals surface area contributed by atoms with Crippen LogP contribution in [0.5, 0.6) is 0 Å². The molecule has 2 N–H and O–H groups in total. The third kappa shape index (κ3) is 4.00. The van der Waals surface area contributed by atoms with Gasteiger partial charge in [-0.3, -0.25) is 0 Å². The number of ether oxygens (including phenoxy) is 2. The molecule has 1 heterocycles. The summed E-state index contributed by atoms with van der Waals surface area (Å²) >= 11 is 7.26. The molecule has 1 aromatic carbocycles. The molecule has 0 saturated heterocycles. The summed E-state index contributed by atoms with van der Waals surface area (Å²) in [5.41, 5.74) is 2.19. The molecule has 0 aliphatic heterocycles. The second-order valence-corrected chi connectivity index (χ2v) is 5.09. The second kappa shape index (κ2) is 7.70. The van der Waals surface area contributed by atoms with Crippen LogP contribution in [0, 0.1) is 0 Å². The van der Waals surface area contributed by atoms with Crippen LogP contribution in [0.3, 0.4) is 0 Å². The van der Waals surface area contributed by atoms with Gasteiger partial charge >= 0.3 is 0 Å². The number of halogens is 1. The number of aliphatic hydroxyl groups is 1. The van der Waals surface area contributed by atoms with Gasteiger partial charge in [0.05, 0.1) is 48.4 Å². The van der Waals surface area contributed by atoms with Gasteiger partial charge < -0.3 is 19.9 Å². The van der Waals surface area contributed by atoms with E-state index < -0.39 is 6.10 Å². The number of hydrogen-bond donors (Lipinski definition) is 2. The maximum Gasteiger partial charge on any atom is 0.129 e. The fourth-order valence-electron chi connectivity index (χ4n) is 1.64. The van der Waals surface area contributed by atoms with E-state index in [1.54, 1.807) is 13.2 Å². The summed E-state index contributed by atoms with van der Waals surface area (Å²) in [7, 11) is 1.60. The maximum atomic E-state index is 9.82. The summed E-state index contributed by atoms with van der Waals surface area (Å²) in [5, 5.41) is 13.5. The summed E-state index contributed by atoms with van der Waals surface area (Å²) in [6.45, 7) is 1.53. The van der Waals surface area contributed by atoms with Crippen molar-refractivity contribution in [2.75, 3.05) is 38.8 Å². The molecule has 1 atom stereocenters. The number of benzene rings is 1. The highest BCUT2D eigenvalue weighted by molar-refractivity contribution is 7.00. The summed E-state index contributed by atoms with van der Waals surface area (Å²) in [6, 6.07) is 3.58. The number of anilines is 1. The monoisotopic (exact) mass is 317 g/mol. The first-order chi connectivity index (χ1) is 9.72. The molecule has 110 valence electrons. The largest absolute Gasteiger partial charge is 0.389 e. The second-order valence-electron chi connectivity index (χ2n) is 4.16. The Kier molecular flexibility index (Phi) is 5.93. The van der Waals surface area contributed by atoms with Crippen molar-refractivity contribution in [3.05, 3.63) is 17.2 Å². The average molecular weight is 318 g/mol. The molecule has 20 heavy (non-hydrogen) atoms. The molecule has 0 aliphatic carbocycles. The number of aromatic nitrogens is 2. The van der Waals surface area contributed by atoms with Crippen molar-refractivity contribution in [2.45, 2.75) is 6.10 Å². The Bertz CT molecular complexity index is 552. The van der Waals surface area contributed by atoms with E-state index in [2.05, 4.69) is 14.1 Å². The number of nitrogens with zero attached hydrogens (tertiary/aromatic N) is 2. The van der Waals surface area contributed by atoms with Crippen LogP contribution in [0.25, 0.3) is 11.0 Å². The maximum absolute atomic E-state index is 9.82. The number of nitrogens with one attached hydrogen (secondary N) is 1. The van der Waals surface area contributed by atoms with Crippen LogP contribution in [-0.4, -0.2) is 53.4 Å². The minimum absolute atomic E-state index is 0.235. The predicted molar refractivity (Wildman–Crippen MR) is 79.6 cm³/mol. The lowest BCUT2D eigenvalue weighted by Gasteiger charge is -2.14. The quantitative estimate of drug-likeness (QED) is 0.723. The molecule has 8 heteroatoms. The highest BCUT2D eigenvalue weighted by atomic mass is 35.5. The van der Waals surface area contributed by atoms with E-state index in [4.69, 9.17) is 21.1 Å². The highest BCUT2D eigenvalue weighted by Crippen LogP contribution is 2.29. The van der Waals surface area contributed by atoms with Gasteiger partial charge in [0.1, 0.15) is 11.0 Å². The van der Waals surface area contributed by atoms with Crippen molar-refractivity contribution in [1.29, 1.82) is 0 Å². The number of fused-ring (bicyclic) bond motifs is 1.